The van der Waals surface area contributed by atoms with Gasteiger partial charge in [-0.2, -0.15) is 0 Å². The van der Waals surface area contributed by atoms with Crippen molar-refractivity contribution < 1.29 is 4.79 Å². The van der Waals surface area contributed by atoms with Crippen molar-refractivity contribution >= 4 is 34.4 Å². The second kappa shape index (κ2) is 11.1. The van der Waals surface area contributed by atoms with Gasteiger partial charge in [0.2, 0.25) is 0 Å². The van der Waals surface area contributed by atoms with Crippen LogP contribution in [0.2, 0.25) is 0 Å². The Kier molecular flexibility index (Phi) is 8.82. The average Bonchev–Trinajstić information content (AvgIpc) is 2.68. The quantitative estimate of drug-likeness (QED) is 0.623. The van der Waals surface area contributed by atoms with Gasteiger partial charge >= 0.3 is 6.03 Å². The van der Waals surface area contributed by atoms with E-state index in [-0.39, 0.29) is 23.0 Å². The van der Waals surface area contributed by atoms with E-state index in [1.54, 1.807) is 4.90 Å². The lowest BCUT2D eigenvalue weighted by Gasteiger charge is -2.33. The summed E-state index contributed by atoms with van der Waals surface area (Å²) in [6, 6.07) is 20.2. The Labute approximate surface area is 173 Å². The molecule has 2 amide bonds. The summed E-state index contributed by atoms with van der Waals surface area (Å²) in [5.74, 6) is 0. The number of likely N-dealkylation sites (tertiary alicyclic amines) is 1. The number of hydrogen-bond donors (Lipinski definition) is 1. The first-order chi connectivity index (χ1) is 12.8. The minimum atomic E-state index is -0.0749. The third-order valence-corrected chi connectivity index (χ3v) is 5.07. The molecule has 3 rings (SSSR count). The van der Waals surface area contributed by atoms with E-state index >= 15 is 0 Å². The van der Waals surface area contributed by atoms with E-state index in [4.69, 9.17) is 0 Å². The molecule has 1 saturated heterocycles. The van der Waals surface area contributed by atoms with Gasteiger partial charge in [-0.05, 0) is 57.0 Å². The topological polar surface area (TPSA) is 35.6 Å². The molecule has 2 aromatic carbocycles. The molecule has 1 heterocycles. The molecule has 0 radical (unpaired) electrons. The molecule has 5 heteroatoms. The van der Waals surface area contributed by atoms with E-state index in [0.717, 1.165) is 24.3 Å². The van der Waals surface area contributed by atoms with Gasteiger partial charge in [-0.15, -0.1) is 17.0 Å². The zero-order valence-electron chi connectivity index (χ0n) is 16.0. The standard InChI is InChI=1S/C22H29N3O.BrH/c1-19-11-8-9-17-24(19)18-10-16-23-22(26)25(20-12-4-2-5-13-20)21-14-6-3-7-15-21;/h2-7,12-15,19H,8-11,16-18H2,1H3,(H,23,26);1H. The van der Waals surface area contributed by atoms with Gasteiger partial charge in [-0.1, -0.05) is 42.8 Å². The Morgan fingerprint density at radius 1 is 1.04 bits per heavy atom. The Morgan fingerprint density at radius 2 is 1.63 bits per heavy atom. The lowest BCUT2D eigenvalue weighted by atomic mass is 10.0. The smallest absolute Gasteiger partial charge is 0.326 e. The molecule has 0 aromatic heterocycles. The number of hydrogen-bond acceptors (Lipinski definition) is 2. The molecule has 1 atom stereocenters. The molecule has 0 spiro atoms. The van der Waals surface area contributed by atoms with E-state index in [1.165, 1.54) is 25.8 Å². The molecule has 0 saturated carbocycles. The van der Waals surface area contributed by atoms with Crippen LogP contribution in [0.3, 0.4) is 0 Å². The molecule has 2 aromatic rings. The van der Waals surface area contributed by atoms with Crippen molar-refractivity contribution in [2.24, 2.45) is 0 Å². The number of halogens is 1. The maximum Gasteiger partial charge on any atom is 0.326 e. The predicted molar refractivity (Wildman–Crippen MR) is 118 cm³/mol. The molecule has 1 unspecified atom stereocenters. The number of nitrogens with zero attached hydrogens (tertiary/aromatic N) is 2. The summed E-state index contributed by atoms with van der Waals surface area (Å²) in [4.78, 5) is 17.1. The lowest BCUT2D eigenvalue weighted by molar-refractivity contribution is 0.159. The van der Waals surface area contributed by atoms with Crippen LogP contribution in [0.15, 0.2) is 60.7 Å². The normalized spacial score (nSPS) is 17.0. The van der Waals surface area contributed by atoms with Crippen molar-refractivity contribution in [3.05, 3.63) is 60.7 Å². The molecule has 0 aliphatic carbocycles. The summed E-state index contributed by atoms with van der Waals surface area (Å²) < 4.78 is 0. The predicted octanol–water partition coefficient (Wildman–Crippen LogP) is 5.38. The van der Waals surface area contributed by atoms with Crippen LogP contribution in [0.5, 0.6) is 0 Å². The van der Waals surface area contributed by atoms with E-state index in [1.807, 2.05) is 60.7 Å². The van der Waals surface area contributed by atoms with Crippen molar-refractivity contribution in [3.63, 3.8) is 0 Å². The summed E-state index contributed by atoms with van der Waals surface area (Å²) in [6.45, 7) is 5.25. The number of piperidine rings is 1. The van der Waals surface area contributed by atoms with Crippen molar-refractivity contribution in [2.75, 3.05) is 24.5 Å². The maximum absolute atomic E-state index is 12.9. The van der Waals surface area contributed by atoms with Gasteiger partial charge in [0.25, 0.3) is 0 Å². The zero-order chi connectivity index (χ0) is 18.2. The molecular formula is C22H30BrN3O. The largest absolute Gasteiger partial charge is 0.337 e. The number of rotatable bonds is 6. The summed E-state index contributed by atoms with van der Waals surface area (Å²) >= 11 is 0. The highest BCUT2D eigenvalue weighted by Crippen LogP contribution is 2.24. The molecule has 1 N–H and O–H groups in total. The van der Waals surface area contributed by atoms with Gasteiger partial charge < -0.3 is 10.2 Å². The molecule has 1 aliphatic rings. The molecule has 4 nitrogen and oxygen atoms in total. The van der Waals surface area contributed by atoms with E-state index < -0.39 is 0 Å². The van der Waals surface area contributed by atoms with Crippen molar-refractivity contribution in [3.8, 4) is 0 Å². The van der Waals surface area contributed by atoms with E-state index in [2.05, 4.69) is 17.1 Å². The molecule has 1 fully saturated rings. The van der Waals surface area contributed by atoms with Crippen molar-refractivity contribution in [2.45, 2.75) is 38.6 Å². The number of carbonyl (C=O) groups excluding carboxylic acids is 1. The number of urea groups is 1. The first-order valence-corrected chi connectivity index (χ1v) is 9.68. The van der Waals surface area contributed by atoms with Gasteiger partial charge in [0.1, 0.15) is 0 Å². The van der Waals surface area contributed by atoms with Crippen LogP contribution in [0.25, 0.3) is 0 Å². The maximum atomic E-state index is 12.9. The Bertz CT molecular complexity index is 641. The minimum Gasteiger partial charge on any atom is -0.337 e. The van der Waals surface area contributed by atoms with E-state index in [9.17, 15) is 4.79 Å². The number of benzene rings is 2. The van der Waals surface area contributed by atoms with Crippen LogP contribution in [0, 0.1) is 0 Å². The number of anilines is 2. The number of carbonyl (C=O) groups is 1. The number of nitrogens with one attached hydrogen (secondary N) is 1. The highest BCUT2D eigenvalue weighted by Gasteiger charge is 2.19. The Hall–Kier alpha value is -1.85. The Balaban J connectivity index is 0.00000261. The molecular weight excluding hydrogens is 402 g/mol. The molecule has 27 heavy (non-hydrogen) atoms. The second-order valence-corrected chi connectivity index (χ2v) is 6.97. The van der Waals surface area contributed by atoms with Crippen LogP contribution < -0.4 is 10.2 Å². The first-order valence-electron chi connectivity index (χ1n) is 9.68. The van der Waals surface area contributed by atoms with Crippen LogP contribution in [0.1, 0.15) is 32.6 Å². The fraction of sp³-hybridized carbons (Fsp3) is 0.409. The van der Waals surface area contributed by atoms with Crippen LogP contribution >= 0.6 is 17.0 Å². The summed E-state index contributed by atoms with van der Waals surface area (Å²) in [5.41, 5.74) is 1.75. The molecule has 146 valence electrons. The summed E-state index contributed by atoms with van der Waals surface area (Å²) in [5, 5.41) is 3.09. The van der Waals surface area contributed by atoms with Crippen LogP contribution in [-0.2, 0) is 0 Å². The number of para-hydroxylation sites is 2. The Morgan fingerprint density at radius 3 is 2.19 bits per heavy atom. The summed E-state index contributed by atoms with van der Waals surface area (Å²) in [7, 11) is 0. The van der Waals surface area contributed by atoms with Gasteiger partial charge in [0.05, 0.1) is 11.4 Å². The average molecular weight is 432 g/mol. The second-order valence-electron chi connectivity index (χ2n) is 6.97. The fourth-order valence-electron chi connectivity index (χ4n) is 3.58. The van der Waals surface area contributed by atoms with Crippen molar-refractivity contribution in [1.29, 1.82) is 0 Å². The van der Waals surface area contributed by atoms with Gasteiger partial charge in [-0.3, -0.25) is 4.90 Å². The number of amides is 2. The monoisotopic (exact) mass is 431 g/mol. The first kappa shape index (κ1) is 21.5. The highest BCUT2D eigenvalue weighted by molar-refractivity contribution is 8.93. The van der Waals surface area contributed by atoms with Gasteiger partial charge in [0, 0.05) is 19.1 Å². The minimum absolute atomic E-state index is 0. The highest BCUT2D eigenvalue weighted by atomic mass is 79.9. The van der Waals surface area contributed by atoms with Crippen LogP contribution in [-0.4, -0.2) is 36.6 Å². The third kappa shape index (κ3) is 6.08. The lowest BCUT2D eigenvalue weighted by Crippen LogP contribution is -2.41. The summed E-state index contributed by atoms with van der Waals surface area (Å²) in [6.07, 6.45) is 4.92. The van der Waals surface area contributed by atoms with Crippen molar-refractivity contribution in [1.82, 2.24) is 10.2 Å². The third-order valence-electron chi connectivity index (χ3n) is 5.07. The van der Waals surface area contributed by atoms with Gasteiger partial charge in [0.15, 0.2) is 0 Å². The zero-order valence-corrected chi connectivity index (χ0v) is 17.7. The van der Waals surface area contributed by atoms with Gasteiger partial charge in [-0.25, -0.2) is 4.79 Å². The SMILES string of the molecule is Br.CC1CCCCN1CCCNC(=O)N(c1ccccc1)c1ccccc1. The van der Waals surface area contributed by atoms with Crippen LogP contribution in [0.4, 0.5) is 16.2 Å². The van der Waals surface area contributed by atoms with E-state index in [0.29, 0.717) is 12.6 Å². The molecule has 1 aliphatic heterocycles. The molecule has 0 bridgehead atoms. The fourth-order valence-corrected chi connectivity index (χ4v) is 3.58.